The van der Waals surface area contributed by atoms with Crippen molar-refractivity contribution in [1.82, 2.24) is 0 Å². The summed E-state index contributed by atoms with van der Waals surface area (Å²) in [7, 11) is 0. The number of anilines is 2. The van der Waals surface area contributed by atoms with E-state index in [-0.39, 0.29) is 0 Å². The minimum absolute atomic E-state index is 0.378. The zero-order valence-corrected chi connectivity index (χ0v) is 9.09. The second kappa shape index (κ2) is 5.09. The van der Waals surface area contributed by atoms with Gasteiger partial charge in [-0.2, -0.15) is 13.2 Å². The molecule has 0 radical (unpaired) electrons. The number of nitrogens with zero attached hydrogens (tertiary/aromatic N) is 1. The summed E-state index contributed by atoms with van der Waals surface area (Å²) < 4.78 is 37.0. The van der Waals surface area contributed by atoms with E-state index in [1.165, 1.54) is 4.90 Å². The van der Waals surface area contributed by atoms with Crippen molar-refractivity contribution in [2.24, 2.45) is 0 Å². The van der Waals surface area contributed by atoms with Gasteiger partial charge in [0, 0.05) is 17.9 Å². The van der Waals surface area contributed by atoms with Gasteiger partial charge in [-0.15, -0.1) is 0 Å². The number of hydrogen-bond acceptors (Lipinski definition) is 2. The SMILES string of the molecule is CCCN(CC(F)(F)F)c1ccc(N)cc1. The molecule has 0 bridgehead atoms. The first kappa shape index (κ1) is 12.7. The van der Waals surface area contributed by atoms with Crippen LogP contribution in [0.4, 0.5) is 24.5 Å². The molecule has 1 aromatic rings. The maximum Gasteiger partial charge on any atom is 0.405 e. The Morgan fingerprint density at radius 1 is 1.19 bits per heavy atom. The standard InChI is InChI=1S/C11H15F3N2/c1-2-7-16(8-11(12,13)14)10-5-3-9(15)4-6-10/h3-6H,2,7-8,15H2,1H3. The Bertz CT molecular complexity index is 319. The van der Waals surface area contributed by atoms with Gasteiger partial charge in [-0.1, -0.05) is 6.92 Å². The minimum Gasteiger partial charge on any atom is -0.399 e. The molecule has 2 nitrogen and oxygen atoms in total. The average Bonchev–Trinajstić information content (AvgIpc) is 2.16. The molecule has 0 heterocycles. The lowest BCUT2D eigenvalue weighted by Gasteiger charge is -2.25. The van der Waals surface area contributed by atoms with Crippen LogP contribution in [0.1, 0.15) is 13.3 Å². The predicted octanol–water partition coefficient (Wildman–Crippen LogP) is 3.05. The summed E-state index contributed by atoms with van der Waals surface area (Å²) in [5.41, 5.74) is 6.59. The van der Waals surface area contributed by atoms with Gasteiger partial charge in [0.15, 0.2) is 0 Å². The van der Waals surface area contributed by atoms with E-state index in [1.54, 1.807) is 24.3 Å². The molecule has 16 heavy (non-hydrogen) atoms. The van der Waals surface area contributed by atoms with Crippen LogP contribution >= 0.6 is 0 Å². The van der Waals surface area contributed by atoms with Gasteiger partial charge in [0.2, 0.25) is 0 Å². The molecule has 1 rings (SSSR count). The summed E-state index contributed by atoms with van der Waals surface area (Å²) in [6.07, 6.45) is -3.52. The monoisotopic (exact) mass is 232 g/mol. The van der Waals surface area contributed by atoms with Gasteiger partial charge < -0.3 is 10.6 Å². The molecule has 5 heteroatoms. The molecule has 0 amide bonds. The lowest BCUT2D eigenvalue weighted by atomic mass is 10.2. The lowest BCUT2D eigenvalue weighted by molar-refractivity contribution is -0.119. The number of alkyl halides is 3. The van der Waals surface area contributed by atoms with Gasteiger partial charge >= 0.3 is 6.18 Å². The number of hydrogen-bond donors (Lipinski definition) is 1. The van der Waals surface area contributed by atoms with E-state index in [1.807, 2.05) is 6.92 Å². The number of nitrogen functional groups attached to an aromatic ring is 1. The summed E-state index contributed by atoms with van der Waals surface area (Å²) in [5.74, 6) is 0. The quantitative estimate of drug-likeness (QED) is 0.808. The first-order valence-corrected chi connectivity index (χ1v) is 5.09. The minimum atomic E-state index is -4.18. The highest BCUT2D eigenvalue weighted by Gasteiger charge is 2.30. The Kier molecular flexibility index (Phi) is 4.04. The highest BCUT2D eigenvalue weighted by atomic mass is 19.4. The van der Waals surface area contributed by atoms with Crippen LogP contribution in [0.5, 0.6) is 0 Å². The third-order valence-electron chi connectivity index (χ3n) is 2.12. The van der Waals surface area contributed by atoms with E-state index in [9.17, 15) is 13.2 Å². The predicted molar refractivity (Wildman–Crippen MR) is 59.4 cm³/mol. The first-order valence-electron chi connectivity index (χ1n) is 5.09. The van der Waals surface area contributed by atoms with E-state index < -0.39 is 12.7 Å². The molecule has 2 N–H and O–H groups in total. The Hall–Kier alpha value is -1.39. The van der Waals surface area contributed by atoms with Crippen LogP contribution in [0, 0.1) is 0 Å². The van der Waals surface area contributed by atoms with Crippen LogP contribution in [-0.2, 0) is 0 Å². The summed E-state index contributed by atoms with van der Waals surface area (Å²) in [5, 5.41) is 0. The average molecular weight is 232 g/mol. The van der Waals surface area contributed by atoms with Gasteiger partial charge in [0.25, 0.3) is 0 Å². The summed E-state index contributed by atoms with van der Waals surface area (Å²) in [6.45, 7) is 1.30. The van der Waals surface area contributed by atoms with Gasteiger partial charge in [-0.05, 0) is 30.7 Å². The van der Waals surface area contributed by atoms with Crippen LogP contribution in [0.2, 0.25) is 0 Å². The van der Waals surface area contributed by atoms with Crippen LogP contribution in [-0.4, -0.2) is 19.3 Å². The topological polar surface area (TPSA) is 29.3 Å². The largest absolute Gasteiger partial charge is 0.405 e. The molecule has 0 aliphatic carbocycles. The van der Waals surface area contributed by atoms with Gasteiger partial charge in [-0.25, -0.2) is 0 Å². The van der Waals surface area contributed by atoms with Crippen molar-refractivity contribution in [3.63, 3.8) is 0 Å². The van der Waals surface area contributed by atoms with Gasteiger partial charge in [0.05, 0.1) is 0 Å². The molecule has 0 fully saturated rings. The summed E-state index contributed by atoms with van der Waals surface area (Å²) >= 11 is 0. The molecular formula is C11H15F3N2. The zero-order chi connectivity index (χ0) is 12.2. The molecule has 0 aliphatic rings. The van der Waals surface area contributed by atoms with Crippen molar-refractivity contribution >= 4 is 11.4 Å². The molecular weight excluding hydrogens is 217 g/mol. The number of benzene rings is 1. The van der Waals surface area contributed by atoms with Crippen LogP contribution < -0.4 is 10.6 Å². The maximum atomic E-state index is 12.3. The maximum absolute atomic E-state index is 12.3. The molecule has 0 atom stereocenters. The highest BCUT2D eigenvalue weighted by Crippen LogP contribution is 2.23. The Morgan fingerprint density at radius 2 is 1.75 bits per heavy atom. The molecule has 0 aromatic heterocycles. The van der Waals surface area contributed by atoms with Crippen molar-refractivity contribution < 1.29 is 13.2 Å². The van der Waals surface area contributed by atoms with Crippen molar-refractivity contribution in [1.29, 1.82) is 0 Å². The van der Waals surface area contributed by atoms with Crippen molar-refractivity contribution in [3.05, 3.63) is 24.3 Å². The molecule has 1 aromatic carbocycles. The van der Waals surface area contributed by atoms with Gasteiger partial charge in [-0.3, -0.25) is 0 Å². The van der Waals surface area contributed by atoms with E-state index in [0.717, 1.165) is 0 Å². The van der Waals surface area contributed by atoms with E-state index in [4.69, 9.17) is 5.73 Å². The third kappa shape index (κ3) is 4.00. The second-order valence-corrected chi connectivity index (χ2v) is 3.63. The number of nitrogens with two attached hydrogens (primary N) is 1. The number of halogens is 3. The summed E-state index contributed by atoms with van der Waals surface area (Å²) in [6, 6.07) is 6.43. The van der Waals surface area contributed by atoms with Crippen LogP contribution in [0.25, 0.3) is 0 Å². The zero-order valence-electron chi connectivity index (χ0n) is 9.09. The van der Waals surface area contributed by atoms with E-state index >= 15 is 0 Å². The second-order valence-electron chi connectivity index (χ2n) is 3.63. The number of rotatable bonds is 4. The first-order chi connectivity index (χ1) is 7.42. The Morgan fingerprint density at radius 3 is 2.19 bits per heavy atom. The van der Waals surface area contributed by atoms with E-state index in [0.29, 0.717) is 24.3 Å². The highest BCUT2D eigenvalue weighted by molar-refractivity contribution is 5.53. The molecule has 0 saturated carbocycles. The van der Waals surface area contributed by atoms with Crippen LogP contribution in [0.15, 0.2) is 24.3 Å². The normalized spacial score (nSPS) is 11.5. The molecule has 0 unspecified atom stereocenters. The molecule has 90 valence electrons. The van der Waals surface area contributed by atoms with Gasteiger partial charge in [0.1, 0.15) is 6.54 Å². The smallest absolute Gasteiger partial charge is 0.399 e. The van der Waals surface area contributed by atoms with E-state index in [2.05, 4.69) is 0 Å². The molecule has 0 spiro atoms. The molecule has 0 aliphatic heterocycles. The van der Waals surface area contributed by atoms with Crippen molar-refractivity contribution in [3.8, 4) is 0 Å². The Labute approximate surface area is 92.9 Å². The summed E-state index contributed by atoms with van der Waals surface area (Å²) in [4.78, 5) is 1.30. The fraction of sp³-hybridized carbons (Fsp3) is 0.455. The molecule has 0 saturated heterocycles. The van der Waals surface area contributed by atoms with Crippen molar-refractivity contribution in [2.75, 3.05) is 23.7 Å². The lowest BCUT2D eigenvalue weighted by Crippen LogP contribution is -2.34. The van der Waals surface area contributed by atoms with Crippen LogP contribution in [0.3, 0.4) is 0 Å². The fourth-order valence-corrected chi connectivity index (χ4v) is 1.47. The van der Waals surface area contributed by atoms with Crippen molar-refractivity contribution in [2.45, 2.75) is 19.5 Å². The Balaban J connectivity index is 2.80. The third-order valence-corrected chi connectivity index (χ3v) is 2.12. The fourth-order valence-electron chi connectivity index (χ4n) is 1.47.